The minimum absolute atomic E-state index is 0.304. The molecule has 0 heterocycles. The number of phenols is 1. The fourth-order valence-corrected chi connectivity index (χ4v) is 2.70. The van der Waals surface area contributed by atoms with Gasteiger partial charge in [-0.05, 0) is 60.7 Å². The summed E-state index contributed by atoms with van der Waals surface area (Å²) < 4.78 is 5.27. The number of anilines is 1. The molecule has 0 aromatic heterocycles. The molecular weight excluding hydrogens is 250 g/mol. The van der Waals surface area contributed by atoms with Gasteiger partial charge in [0.15, 0.2) is 0 Å². The quantitative estimate of drug-likeness (QED) is 0.830. The molecule has 2 aromatic rings. The van der Waals surface area contributed by atoms with Gasteiger partial charge >= 0.3 is 0 Å². The lowest BCUT2D eigenvalue weighted by atomic mass is 9.76. The predicted octanol–water partition coefficient (Wildman–Crippen LogP) is 3.76. The molecule has 0 amide bonds. The van der Waals surface area contributed by atoms with Crippen molar-refractivity contribution in [3.05, 3.63) is 54.1 Å². The lowest BCUT2D eigenvalue weighted by Crippen LogP contribution is -2.33. The Morgan fingerprint density at radius 3 is 2.55 bits per heavy atom. The van der Waals surface area contributed by atoms with Crippen LogP contribution >= 0.6 is 0 Å². The number of rotatable bonds is 4. The smallest absolute Gasteiger partial charge is 0.119 e. The SMILES string of the molecule is COc1cccc(C2CC(Nc3ccc(O)cc3)C2)c1. The molecular formula is C17H19NO2. The summed E-state index contributed by atoms with van der Waals surface area (Å²) in [7, 11) is 1.70. The lowest BCUT2D eigenvalue weighted by molar-refractivity contribution is 0.370. The Bertz CT molecular complexity index is 574. The molecule has 1 saturated carbocycles. The van der Waals surface area contributed by atoms with Crippen LogP contribution in [0.3, 0.4) is 0 Å². The van der Waals surface area contributed by atoms with Crippen molar-refractivity contribution in [3.63, 3.8) is 0 Å². The van der Waals surface area contributed by atoms with E-state index in [4.69, 9.17) is 4.74 Å². The first-order valence-electron chi connectivity index (χ1n) is 6.94. The minimum atomic E-state index is 0.304. The molecule has 0 atom stereocenters. The molecule has 1 aliphatic carbocycles. The van der Waals surface area contributed by atoms with E-state index < -0.39 is 0 Å². The van der Waals surface area contributed by atoms with Crippen LogP contribution in [-0.4, -0.2) is 18.3 Å². The zero-order valence-electron chi connectivity index (χ0n) is 11.5. The number of hydrogen-bond donors (Lipinski definition) is 2. The van der Waals surface area contributed by atoms with Gasteiger partial charge in [-0.25, -0.2) is 0 Å². The Labute approximate surface area is 119 Å². The minimum Gasteiger partial charge on any atom is -0.508 e. The molecule has 0 spiro atoms. The fourth-order valence-electron chi connectivity index (χ4n) is 2.70. The summed E-state index contributed by atoms with van der Waals surface area (Å²) in [4.78, 5) is 0. The van der Waals surface area contributed by atoms with Crippen LogP contribution in [0.15, 0.2) is 48.5 Å². The second-order valence-corrected chi connectivity index (χ2v) is 5.33. The Kier molecular flexibility index (Phi) is 3.50. The van der Waals surface area contributed by atoms with Crippen LogP contribution in [0.5, 0.6) is 11.5 Å². The summed E-state index contributed by atoms with van der Waals surface area (Å²) in [6.45, 7) is 0. The standard InChI is InChI=1S/C17H19NO2/c1-20-17-4-2-3-12(11-17)13-9-15(10-13)18-14-5-7-16(19)8-6-14/h2-8,11,13,15,18-19H,9-10H2,1H3. The first kappa shape index (κ1) is 12.9. The number of nitrogens with one attached hydrogen (secondary N) is 1. The molecule has 2 aromatic carbocycles. The summed E-state index contributed by atoms with van der Waals surface area (Å²) in [5.74, 6) is 1.84. The molecule has 1 fully saturated rings. The maximum Gasteiger partial charge on any atom is 0.119 e. The maximum atomic E-state index is 9.26. The molecule has 3 heteroatoms. The highest BCUT2D eigenvalue weighted by Crippen LogP contribution is 2.39. The van der Waals surface area contributed by atoms with Gasteiger partial charge < -0.3 is 15.2 Å². The lowest BCUT2D eigenvalue weighted by Gasteiger charge is -2.37. The molecule has 3 nitrogen and oxygen atoms in total. The van der Waals surface area contributed by atoms with E-state index in [-0.39, 0.29) is 0 Å². The molecule has 0 saturated heterocycles. The molecule has 0 bridgehead atoms. The largest absolute Gasteiger partial charge is 0.508 e. The van der Waals surface area contributed by atoms with Crippen molar-refractivity contribution < 1.29 is 9.84 Å². The summed E-state index contributed by atoms with van der Waals surface area (Å²) in [6.07, 6.45) is 2.27. The zero-order valence-corrected chi connectivity index (χ0v) is 11.5. The van der Waals surface area contributed by atoms with Crippen molar-refractivity contribution in [2.24, 2.45) is 0 Å². The fraction of sp³-hybridized carbons (Fsp3) is 0.294. The molecule has 0 unspecified atom stereocenters. The van der Waals surface area contributed by atoms with Gasteiger partial charge in [0, 0.05) is 11.7 Å². The van der Waals surface area contributed by atoms with Crippen molar-refractivity contribution in [2.75, 3.05) is 12.4 Å². The summed E-state index contributed by atoms with van der Waals surface area (Å²) in [5.41, 5.74) is 2.42. The van der Waals surface area contributed by atoms with Gasteiger partial charge in [0.1, 0.15) is 11.5 Å². The number of aromatic hydroxyl groups is 1. The maximum absolute atomic E-state index is 9.26. The molecule has 2 N–H and O–H groups in total. The van der Waals surface area contributed by atoms with E-state index in [1.165, 1.54) is 5.56 Å². The van der Waals surface area contributed by atoms with Gasteiger partial charge in [0.2, 0.25) is 0 Å². The van der Waals surface area contributed by atoms with Gasteiger partial charge in [-0.2, -0.15) is 0 Å². The van der Waals surface area contributed by atoms with Crippen LogP contribution in [0.25, 0.3) is 0 Å². The highest BCUT2D eigenvalue weighted by atomic mass is 16.5. The summed E-state index contributed by atoms with van der Waals surface area (Å²) in [6, 6.07) is 16.1. The number of benzene rings is 2. The van der Waals surface area contributed by atoms with Gasteiger partial charge in [0.25, 0.3) is 0 Å². The normalized spacial score (nSPS) is 21.1. The van der Waals surface area contributed by atoms with Crippen molar-refractivity contribution in [1.82, 2.24) is 0 Å². The molecule has 20 heavy (non-hydrogen) atoms. The van der Waals surface area contributed by atoms with Crippen molar-refractivity contribution >= 4 is 5.69 Å². The van der Waals surface area contributed by atoms with Crippen molar-refractivity contribution in [1.29, 1.82) is 0 Å². The van der Waals surface area contributed by atoms with E-state index in [1.54, 1.807) is 19.2 Å². The Hall–Kier alpha value is -2.16. The zero-order chi connectivity index (χ0) is 13.9. The number of hydrogen-bond acceptors (Lipinski definition) is 3. The van der Waals surface area contributed by atoms with Gasteiger partial charge in [0.05, 0.1) is 7.11 Å². The Morgan fingerprint density at radius 2 is 1.85 bits per heavy atom. The monoisotopic (exact) mass is 269 g/mol. The van der Waals surface area contributed by atoms with Gasteiger partial charge in [-0.15, -0.1) is 0 Å². The van der Waals surface area contributed by atoms with E-state index in [0.29, 0.717) is 17.7 Å². The van der Waals surface area contributed by atoms with Crippen LogP contribution in [0.1, 0.15) is 24.3 Å². The van der Waals surface area contributed by atoms with E-state index in [0.717, 1.165) is 24.3 Å². The third-order valence-electron chi connectivity index (χ3n) is 3.94. The highest BCUT2D eigenvalue weighted by molar-refractivity contribution is 5.47. The second-order valence-electron chi connectivity index (χ2n) is 5.33. The van der Waals surface area contributed by atoms with Crippen LogP contribution in [0.2, 0.25) is 0 Å². The van der Waals surface area contributed by atoms with Crippen LogP contribution in [-0.2, 0) is 0 Å². The third-order valence-corrected chi connectivity index (χ3v) is 3.94. The first-order chi connectivity index (χ1) is 9.74. The number of ether oxygens (including phenoxy) is 1. The summed E-state index contributed by atoms with van der Waals surface area (Å²) in [5, 5.41) is 12.8. The van der Waals surface area contributed by atoms with Gasteiger partial charge in [-0.3, -0.25) is 0 Å². The van der Waals surface area contributed by atoms with Gasteiger partial charge in [-0.1, -0.05) is 12.1 Å². The second kappa shape index (κ2) is 5.45. The van der Waals surface area contributed by atoms with E-state index >= 15 is 0 Å². The predicted molar refractivity (Wildman–Crippen MR) is 80.5 cm³/mol. The number of methoxy groups -OCH3 is 1. The van der Waals surface area contributed by atoms with E-state index in [1.807, 2.05) is 18.2 Å². The molecule has 1 aliphatic rings. The first-order valence-corrected chi connectivity index (χ1v) is 6.94. The molecule has 0 radical (unpaired) electrons. The molecule has 104 valence electrons. The van der Waals surface area contributed by atoms with Crippen LogP contribution < -0.4 is 10.1 Å². The Morgan fingerprint density at radius 1 is 1.10 bits per heavy atom. The topological polar surface area (TPSA) is 41.5 Å². The third kappa shape index (κ3) is 2.72. The summed E-state index contributed by atoms with van der Waals surface area (Å²) >= 11 is 0. The highest BCUT2D eigenvalue weighted by Gasteiger charge is 2.30. The van der Waals surface area contributed by atoms with Crippen molar-refractivity contribution in [3.8, 4) is 11.5 Å². The van der Waals surface area contributed by atoms with E-state index in [9.17, 15) is 5.11 Å². The Balaban J connectivity index is 1.57. The average Bonchev–Trinajstić information content (AvgIpc) is 2.44. The molecule has 0 aliphatic heterocycles. The van der Waals surface area contributed by atoms with Crippen LogP contribution in [0, 0.1) is 0 Å². The number of phenolic OH excluding ortho intramolecular Hbond substituents is 1. The van der Waals surface area contributed by atoms with Crippen LogP contribution in [0.4, 0.5) is 5.69 Å². The average molecular weight is 269 g/mol. The molecule has 3 rings (SSSR count). The van der Waals surface area contributed by atoms with Crippen molar-refractivity contribution in [2.45, 2.75) is 24.8 Å². The van der Waals surface area contributed by atoms with E-state index in [2.05, 4.69) is 23.5 Å².